The van der Waals surface area contributed by atoms with Crippen molar-refractivity contribution in [2.45, 2.75) is 14.7 Å². The molecule has 2 aromatic rings. The molecule has 27 heavy (non-hydrogen) atoms. The van der Waals surface area contributed by atoms with Gasteiger partial charge in [0, 0.05) is 0 Å². The molecule has 8 nitrogen and oxygen atoms in total. The van der Waals surface area contributed by atoms with Gasteiger partial charge in [0.05, 0.1) is 14.8 Å². The molecule has 15 heteroatoms. The summed E-state index contributed by atoms with van der Waals surface area (Å²) in [5.74, 6) is 0. The third kappa shape index (κ3) is 9.24. The summed E-state index contributed by atoms with van der Waals surface area (Å²) in [6, 6.07) is 9.12. The molecule has 0 aromatic heterocycles. The van der Waals surface area contributed by atoms with Crippen molar-refractivity contribution in [2.75, 3.05) is 0 Å². The van der Waals surface area contributed by atoms with E-state index < -0.39 is 35.5 Å². The van der Waals surface area contributed by atoms with E-state index >= 15 is 0 Å². The average molecular weight is 491 g/mol. The van der Waals surface area contributed by atoms with Crippen molar-refractivity contribution >= 4 is 53.8 Å². The van der Waals surface area contributed by atoms with E-state index in [0.29, 0.717) is 0 Å². The van der Waals surface area contributed by atoms with Gasteiger partial charge in [-0.3, -0.25) is 0 Å². The summed E-state index contributed by atoms with van der Waals surface area (Å²) >= 11 is 11.2. The maximum atomic E-state index is 12.3. The van der Waals surface area contributed by atoms with Crippen LogP contribution in [-0.2, 0) is 30.6 Å². The van der Waals surface area contributed by atoms with Crippen LogP contribution in [0.2, 0.25) is 10.0 Å². The van der Waals surface area contributed by atoms with Gasteiger partial charge in [-0.2, -0.15) is 24.3 Å². The molecule has 2 rings (SSSR count). The van der Waals surface area contributed by atoms with Crippen molar-refractivity contribution in [2.24, 2.45) is 0 Å². The molecule has 0 N–H and O–H groups in total. The predicted octanol–water partition coefficient (Wildman–Crippen LogP) is -4.47. The van der Waals surface area contributed by atoms with Crippen LogP contribution >= 0.6 is 23.2 Å². The Morgan fingerprint density at radius 2 is 1.37 bits per heavy atom. The standard InChI is InChI=1S/C12H7Cl2O5S2.2Na.O3S/c13-8-1-3-9(4-2-8)20(15,16)10-5-6-11(14)12(7-10)21(17,18)19;;;1-4(2)3/h1,3-7H,(H,17,18,19);;;/q-1;2*+1;/p-1. The van der Waals surface area contributed by atoms with E-state index in [1.807, 2.05) is 0 Å². The first-order valence-electron chi connectivity index (χ1n) is 5.80. The molecule has 0 bridgehead atoms. The van der Waals surface area contributed by atoms with Crippen LogP contribution in [0.5, 0.6) is 0 Å². The van der Waals surface area contributed by atoms with Crippen molar-refractivity contribution in [3.8, 4) is 0 Å². The van der Waals surface area contributed by atoms with Crippen molar-refractivity contribution < 1.29 is 93.1 Å². The van der Waals surface area contributed by atoms with E-state index in [1.165, 1.54) is 12.1 Å². The first kappa shape index (κ1) is 29.7. The second-order valence-electron chi connectivity index (χ2n) is 4.13. The predicted molar refractivity (Wildman–Crippen MR) is 84.9 cm³/mol. The van der Waals surface area contributed by atoms with Gasteiger partial charge in [-0.25, -0.2) is 16.8 Å². The number of sulfone groups is 1. The zero-order valence-corrected chi connectivity index (χ0v) is 21.7. The van der Waals surface area contributed by atoms with Gasteiger partial charge in [0.2, 0.25) is 0 Å². The molecule has 0 saturated heterocycles. The monoisotopic (exact) mass is 490 g/mol. The van der Waals surface area contributed by atoms with E-state index in [1.54, 1.807) is 0 Å². The number of benzene rings is 2. The molecule has 0 heterocycles. The van der Waals surface area contributed by atoms with Crippen LogP contribution in [0.15, 0.2) is 51.1 Å². The van der Waals surface area contributed by atoms with Gasteiger partial charge >= 0.3 is 69.7 Å². The van der Waals surface area contributed by atoms with Crippen LogP contribution in [0, 0.1) is 6.07 Å². The van der Waals surface area contributed by atoms with Crippen LogP contribution in [0.1, 0.15) is 0 Å². The first-order chi connectivity index (χ1) is 11.4. The fraction of sp³-hybridized carbons (Fsp3) is 0. The Balaban J connectivity index is 0. The minimum atomic E-state index is -4.88. The molecule has 2 aromatic carbocycles. The van der Waals surface area contributed by atoms with Gasteiger partial charge in [-0.1, -0.05) is 16.6 Å². The Bertz CT molecular complexity index is 1090. The van der Waals surface area contributed by atoms with Crippen molar-refractivity contribution in [3.05, 3.63) is 52.5 Å². The summed E-state index contributed by atoms with van der Waals surface area (Å²) in [5.41, 5.74) is 0. The van der Waals surface area contributed by atoms with E-state index in [0.717, 1.165) is 24.3 Å². The smallest absolute Gasteiger partial charge is 0.744 e. The Kier molecular flexibility index (Phi) is 13.5. The van der Waals surface area contributed by atoms with E-state index in [2.05, 4.69) is 6.07 Å². The van der Waals surface area contributed by atoms with Gasteiger partial charge in [-0.15, -0.1) is 24.2 Å². The van der Waals surface area contributed by atoms with Crippen LogP contribution in [-0.4, -0.2) is 34.0 Å². The molecule has 0 unspecified atom stereocenters. The molecule has 0 radical (unpaired) electrons. The molecule has 0 aliphatic carbocycles. The Morgan fingerprint density at radius 1 is 0.889 bits per heavy atom. The van der Waals surface area contributed by atoms with Crippen molar-refractivity contribution in [1.82, 2.24) is 0 Å². The third-order valence-corrected chi connectivity index (χ3v) is 5.84. The SMILES string of the molecule is O=S(=O)([O-])c1cc(S(=O)(=O)c2c[c-]c(Cl)cc2)ccc1Cl.O=S(=O)=O.[Na+].[Na+]. The largest absolute Gasteiger partial charge is 1.00 e. The molecular weight excluding hydrogens is 485 g/mol. The van der Waals surface area contributed by atoms with Crippen molar-refractivity contribution in [3.63, 3.8) is 0 Å². The molecule has 0 atom stereocenters. The second-order valence-corrected chi connectivity index (χ2v) is 8.65. The zero-order valence-electron chi connectivity index (χ0n) is 13.7. The summed E-state index contributed by atoms with van der Waals surface area (Å²) < 4.78 is 83.2. The molecule has 0 aliphatic heterocycles. The number of halogens is 2. The third-order valence-electron chi connectivity index (χ3n) is 2.54. The van der Waals surface area contributed by atoms with Gasteiger partial charge < -0.3 is 4.55 Å². The summed E-state index contributed by atoms with van der Waals surface area (Å²) in [7, 11) is -12.0. The van der Waals surface area contributed by atoms with E-state index in [9.17, 15) is 21.4 Å². The van der Waals surface area contributed by atoms with E-state index in [4.69, 9.17) is 35.8 Å². The molecule has 136 valence electrons. The van der Waals surface area contributed by atoms with Crippen LogP contribution in [0.4, 0.5) is 0 Å². The Morgan fingerprint density at radius 3 is 1.78 bits per heavy atom. The van der Waals surface area contributed by atoms with Crippen molar-refractivity contribution in [1.29, 1.82) is 0 Å². The normalized spacial score (nSPS) is 10.5. The molecule has 0 spiro atoms. The number of hydrogen-bond donors (Lipinski definition) is 0. The second kappa shape index (κ2) is 12.3. The van der Waals surface area contributed by atoms with Gasteiger partial charge in [0.25, 0.3) is 0 Å². The summed E-state index contributed by atoms with van der Waals surface area (Å²) in [4.78, 5) is -1.29. The van der Waals surface area contributed by atoms with Crippen LogP contribution < -0.4 is 59.1 Å². The first-order valence-corrected chi connectivity index (χ1v) is 10.4. The minimum Gasteiger partial charge on any atom is -0.744 e. The minimum absolute atomic E-state index is 0. The molecule has 0 fully saturated rings. The quantitative estimate of drug-likeness (QED) is 0.238. The molecule has 0 amide bonds. The molecule has 0 saturated carbocycles. The molecular formula is C12H6Cl2Na2O8S3. The van der Waals surface area contributed by atoms with Gasteiger partial charge in [-0.05, 0) is 23.1 Å². The topological polar surface area (TPSA) is 143 Å². The van der Waals surface area contributed by atoms with Gasteiger partial charge in [0.15, 0.2) is 9.84 Å². The van der Waals surface area contributed by atoms with Crippen LogP contribution in [0.3, 0.4) is 0 Å². The van der Waals surface area contributed by atoms with E-state index in [-0.39, 0.29) is 79.0 Å². The summed E-state index contributed by atoms with van der Waals surface area (Å²) in [6.07, 6.45) is 0. The molecule has 0 aliphatic rings. The number of hydrogen-bond acceptors (Lipinski definition) is 8. The maximum absolute atomic E-state index is 12.3. The fourth-order valence-electron chi connectivity index (χ4n) is 1.54. The number of rotatable bonds is 3. The van der Waals surface area contributed by atoms with Crippen LogP contribution in [0.25, 0.3) is 0 Å². The summed E-state index contributed by atoms with van der Waals surface area (Å²) in [6.45, 7) is 0. The fourth-order valence-corrected chi connectivity index (χ4v) is 3.96. The summed E-state index contributed by atoms with van der Waals surface area (Å²) in [5, 5.41) is -0.112. The average Bonchev–Trinajstić information content (AvgIpc) is 2.46. The zero-order chi connectivity index (χ0) is 19.4. The van der Waals surface area contributed by atoms with Gasteiger partial charge in [0.1, 0.15) is 10.1 Å². The maximum Gasteiger partial charge on any atom is 1.00 e. The Hall–Kier alpha value is 0.500. The Labute approximate surface area is 211 Å².